The molecular formula is C18H15Br2N. The van der Waals surface area contributed by atoms with Gasteiger partial charge < -0.3 is 17.0 Å². The Labute approximate surface area is 144 Å². The molecule has 0 aliphatic heterocycles. The van der Waals surface area contributed by atoms with E-state index in [0.29, 0.717) is 0 Å². The van der Waals surface area contributed by atoms with E-state index in [2.05, 4.69) is 99.6 Å². The molecule has 1 nitrogen and oxygen atoms in total. The van der Waals surface area contributed by atoms with Crippen molar-refractivity contribution < 1.29 is 21.5 Å². The molecule has 21 heavy (non-hydrogen) atoms. The Bertz CT molecular complexity index is 644. The summed E-state index contributed by atoms with van der Waals surface area (Å²) in [4.78, 5) is 0. The minimum atomic E-state index is 0. The quantitative estimate of drug-likeness (QED) is 0.580. The Balaban J connectivity index is 0.00000161. The molecular weight excluding hydrogens is 390 g/mol. The van der Waals surface area contributed by atoms with Crippen LogP contribution in [0.25, 0.3) is 0 Å². The van der Waals surface area contributed by atoms with E-state index in [0.717, 1.165) is 4.47 Å². The van der Waals surface area contributed by atoms with Crippen molar-refractivity contribution >= 4 is 15.9 Å². The number of nitrogens with zero attached hydrogens (tertiary/aromatic N) is 1. The lowest BCUT2D eigenvalue weighted by atomic mass is 9.98. The zero-order valence-corrected chi connectivity index (χ0v) is 14.5. The van der Waals surface area contributed by atoms with Crippen molar-refractivity contribution in [1.82, 2.24) is 0 Å². The van der Waals surface area contributed by atoms with Crippen molar-refractivity contribution in [2.75, 3.05) is 0 Å². The van der Waals surface area contributed by atoms with Gasteiger partial charge in [-0.15, -0.1) is 0 Å². The van der Waals surface area contributed by atoms with Crippen LogP contribution in [0.2, 0.25) is 0 Å². The van der Waals surface area contributed by atoms with Gasteiger partial charge in [-0.1, -0.05) is 60.7 Å². The molecule has 0 aliphatic rings. The van der Waals surface area contributed by atoms with E-state index in [1.54, 1.807) is 0 Å². The lowest BCUT2D eigenvalue weighted by molar-refractivity contribution is -0.705. The Morgan fingerprint density at radius 3 is 1.71 bits per heavy atom. The lowest BCUT2D eigenvalue weighted by Gasteiger charge is -2.13. The van der Waals surface area contributed by atoms with Crippen molar-refractivity contribution in [1.29, 1.82) is 0 Å². The molecule has 0 unspecified atom stereocenters. The van der Waals surface area contributed by atoms with Crippen LogP contribution in [0.5, 0.6) is 0 Å². The molecule has 106 valence electrons. The molecule has 1 heterocycles. The smallest absolute Gasteiger partial charge is 0.208 e. The highest BCUT2D eigenvalue weighted by Gasteiger charge is 2.22. The van der Waals surface area contributed by atoms with Gasteiger partial charge in [0.25, 0.3) is 0 Å². The predicted octanol–water partition coefficient (Wildman–Crippen LogP) is 1.38. The number of rotatable bonds is 3. The summed E-state index contributed by atoms with van der Waals surface area (Å²) >= 11 is 3.55. The van der Waals surface area contributed by atoms with Crippen molar-refractivity contribution in [3.05, 3.63) is 101 Å². The number of pyridine rings is 1. The van der Waals surface area contributed by atoms with E-state index in [4.69, 9.17) is 0 Å². The first-order valence-electron chi connectivity index (χ1n) is 6.61. The highest BCUT2D eigenvalue weighted by Crippen LogP contribution is 2.21. The fraction of sp³-hybridized carbons (Fsp3) is 0.0556. The average Bonchev–Trinajstić information content (AvgIpc) is 2.50. The molecule has 0 fully saturated rings. The zero-order valence-electron chi connectivity index (χ0n) is 11.4. The molecule has 0 amide bonds. The van der Waals surface area contributed by atoms with Crippen molar-refractivity contribution in [2.24, 2.45) is 0 Å². The molecule has 0 spiro atoms. The van der Waals surface area contributed by atoms with Gasteiger partial charge in [-0.05, 0) is 22.0 Å². The summed E-state index contributed by atoms with van der Waals surface area (Å²) in [6.45, 7) is 0. The van der Waals surface area contributed by atoms with Crippen LogP contribution >= 0.6 is 15.9 Å². The first-order chi connectivity index (χ1) is 9.84. The molecule has 0 atom stereocenters. The zero-order chi connectivity index (χ0) is 13.8. The van der Waals surface area contributed by atoms with Gasteiger partial charge >= 0.3 is 0 Å². The van der Waals surface area contributed by atoms with Crippen LogP contribution in [-0.2, 0) is 0 Å². The topological polar surface area (TPSA) is 3.88 Å². The molecule has 0 radical (unpaired) electrons. The molecule has 3 aromatic rings. The minimum absolute atomic E-state index is 0. The second-order valence-corrected chi connectivity index (χ2v) is 5.61. The number of halogens is 2. The van der Waals surface area contributed by atoms with Gasteiger partial charge in [-0.2, -0.15) is 4.57 Å². The standard InChI is InChI=1S/C18H15BrN.BrH/c19-17-12-7-13-20(14-17)18(15-8-3-1-4-9-15)16-10-5-2-6-11-16;/h1-14,18H;1H/q+1;/p-1. The summed E-state index contributed by atoms with van der Waals surface area (Å²) in [5.41, 5.74) is 2.56. The van der Waals surface area contributed by atoms with Gasteiger partial charge in [0.2, 0.25) is 6.04 Å². The Morgan fingerprint density at radius 1 is 0.714 bits per heavy atom. The van der Waals surface area contributed by atoms with Crippen LogP contribution in [0, 0.1) is 0 Å². The fourth-order valence-corrected chi connectivity index (χ4v) is 2.82. The average molecular weight is 405 g/mol. The number of hydrogen-bond acceptors (Lipinski definition) is 0. The highest BCUT2D eigenvalue weighted by molar-refractivity contribution is 9.10. The Hall–Kier alpha value is -1.45. The number of benzene rings is 2. The van der Waals surface area contributed by atoms with Crippen LogP contribution in [0.1, 0.15) is 17.2 Å². The van der Waals surface area contributed by atoms with Crippen LogP contribution in [0.3, 0.4) is 0 Å². The maximum absolute atomic E-state index is 3.55. The highest BCUT2D eigenvalue weighted by atomic mass is 79.9. The van der Waals surface area contributed by atoms with E-state index in [1.807, 2.05) is 6.07 Å². The molecule has 0 N–H and O–H groups in total. The Kier molecular flexibility index (Phi) is 5.71. The third-order valence-corrected chi connectivity index (χ3v) is 3.78. The first-order valence-corrected chi connectivity index (χ1v) is 7.40. The molecule has 3 heteroatoms. The van der Waals surface area contributed by atoms with E-state index in [-0.39, 0.29) is 23.0 Å². The maximum atomic E-state index is 3.55. The lowest BCUT2D eigenvalue weighted by Crippen LogP contribution is -3.00. The summed E-state index contributed by atoms with van der Waals surface area (Å²) in [7, 11) is 0. The maximum Gasteiger partial charge on any atom is 0.208 e. The van der Waals surface area contributed by atoms with E-state index in [9.17, 15) is 0 Å². The number of hydrogen-bond donors (Lipinski definition) is 0. The van der Waals surface area contributed by atoms with Crippen LogP contribution < -0.4 is 21.5 Å². The van der Waals surface area contributed by atoms with Crippen molar-refractivity contribution in [3.63, 3.8) is 0 Å². The summed E-state index contributed by atoms with van der Waals surface area (Å²) in [5.74, 6) is 0. The molecule has 0 saturated heterocycles. The molecule has 2 aromatic carbocycles. The van der Waals surface area contributed by atoms with Crippen molar-refractivity contribution in [3.8, 4) is 0 Å². The molecule has 0 saturated carbocycles. The third-order valence-electron chi connectivity index (χ3n) is 3.31. The summed E-state index contributed by atoms with van der Waals surface area (Å²) < 4.78 is 3.31. The fourth-order valence-electron chi connectivity index (χ4n) is 2.43. The molecule has 3 rings (SSSR count). The molecule has 0 aliphatic carbocycles. The molecule has 1 aromatic heterocycles. The first kappa shape index (κ1) is 15.9. The summed E-state index contributed by atoms with van der Waals surface area (Å²) in [5, 5.41) is 0. The van der Waals surface area contributed by atoms with Crippen LogP contribution in [0.4, 0.5) is 0 Å². The van der Waals surface area contributed by atoms with Gasteiger partial charge in [0.1, 0.15) is 0 Å². The minimum Gasteiger partial charge on any atom is -1.00 e. The van der Waals surface area contributed by atoms with Gasteiger partial charge in [0, 0.05) is 17.2 Å². The van der Waals surface area contributed by atoms with Gasteiger partial charge in [0.05, 0.1) is 4.47 Å². The normalized spacial score (nSPS) is 10.2. The van der Waals surface area contributed by atoms with Crippen LogP contribution in [0.15, 0.2) is 89.7 Å². The molecule has 0 bridgehead atoms. The predicted molar refractivity (Wildman–Crippen MR) is 84.5 cm³/mol. The van der Waals surface area contributed by atoms with E-state index >= 15 is 0 Å². The second kappa shape index (κ2) is 7.53. The van der Waals surface area contributed by atoms with E-state index < -0.39 is 0 Å². The van der Waals surface area contributed by atoms with Crippen molar-refractivity contribution in [2.45, 2.75) is 6.04 Å². The largest absolute Gasteiger partial charge is 1.00 e. The summed E-state index contributed by atoms with van der Waals surface area (Å²) in [6, 6.07) is 25.4. The Morgan fingerprint density at radius 2 is 1.24 bits per heavy atom. The van der Waals surface area contributed by atoms with Gasteiger partial charge in [-0.3, -0.25) is 0 Å². The van der Waals surface area contributed by atoms with Gasteiger partial charge in [-0.25, -0.2) is 0 Å². The number of aromatic nitrogens is 1. The summed E-state index contributed by atoms with van der Waals surface area (Å²) in [6.07, 6.45) is 4.22. The monoisotopic (exact) mass is 403 g/mol. The van der Waals surface area contributed by atoms with Crippen LogP contribution in [-0.4, -0.2) is 0 Å². The SMILES string of the molecule is Brc1ccc[n+](C(c2ccccc2)c2ccccc2)c1.[Br-]. The van der Waals surface area contributed by atoms with Gasteiger partial charge in [0.15, 0.2) is 12.4 Å². The van der Waals surface area contributed by atoms with E-state index in [1.165, 1.54) is 11.1 Å². The second-order valence-electron chi connectivity index (χ2n) is 4.69. The third kappa shape index (κ3) is 3.80.